The summed E-state index contributed by atoms with van der Waals surface area (Å²) in [5, 5.41) is 20.0. The fourth-order valence-electron chi connectivity index (χ4n) is 2.18. The Bertz CT molecular complexity index is 945. The SMILES string of the molecule is CC.N#CC1=CC=CC(c2ccc(-c3nc(SC/C(=N/N)NN)n[nH]3)o2)=CC1. The minimum absolute atomic E-state index is 0.416. The van der Waals surface area contributed by atoms with E-state index in [4.69, 9.17) is 21.4 Å². The standard InChI is InChI=1S/C16H16N8OS.C2H6/c17-8-10-2-1-3-11(5-4-10)12-6-7-13(25-12)15-20-16(24-23-15)26-9-14(21-18)22-19;1-2/h1-3,5-7H,4,9,18-19H2,(H,21,22)(H,20,23,24);1-2H3. The van der Waals surface area contributed by atoms with Gasteiger partial charge in [0.2, 0.25) is 5.16 Å². The van der Waals surface area contributed by atoms with Crippen molar-refractivity contribution in [1.82, 2.24) is 20.6 Å². The van der Waals surface area contributed by atoms with E-state index in [0.717, 1.165) is 5.57 Å². The van der Waals surface area contributed by atoms with Gasteiger partial charge in [-0.3, -0.25) is 5.10 Å². The van der Waals surface area contributed by atoms with Crippen LogP contribution in [0.1, 0.15) is 26.0 Å². The Kier molecular flexibility index (Phi) is 8.08. The Morgan fingerprint density at radius 2 is 2.21 bits per heavy atom. The highest BCUT2D eigenvalue weighted by atomic mass is 32.2. The smallest absolute Gasteiger partial charge is 0.209 e. The molecule has 2 aromatic rings. The number of allylic oxidation sites excluding steroid dienone is 6. The van der Waals surface area contributed by atoms with Gasteiger partial charge in [0, 0.05) is 17.6 Å². The van der Waals surface area contributed by atoms with Crippen LogP contribution in [0.4, 0.5) is 0 Å². The predicted molar refractivity (Wildman–Crippen MR) is 111 cm³/mol. The highest BCUT2D eigenvalue weighted by Gasteiger charge is 2.13. The van der Waals surface area contributed by atoms with Gasteiger partial charge in [0.05, 0.1) is 11.8 Å². The fourth-order valence-corrected chi connectivity index (χ4v) is 2.87. The predicted octanol–water partition coefficient (Wildman–Crippen LogP) is 2.71. The van der Waals surface area contributed by atoms with Crippen molar-refractivity contribution < 1.29 is 4.42 Å². The van der Waals surface area contributed by atoms with Crippen molar-refractivity contribution in [2.75, 3.05) is 5.75 Å². The average Bonchev–Trinajstić information content (AvgIpc) is 3.35. The van der Waals surface area contributed by atoms with Crippen LogP contribution in [0.5, 0.6) is 0 Å². The van der Waals surface area contributed by atoms with Gasteiger partial charge >= 0.3 is 0 Å². The Morgan fingerprint density at radius 3 is 2.93 bits per heavy atom. The minimum atomic E-state index is 0.416. The molecule has 3 rings (SSSR count). The molecular formula is C18H22N8OS. The Hall–Kier alpha value is -3.29. The van der Waals surface area contributed by atoms with Crippen LogP contribution in [0.25, 0.3) is 17.2 Å². The summed E-state index contributed by atoms with van der Waals surface area (Å²) >= 11 is 1.33. The van der Waals surface area contributed by atoms with Gasteiger partial charge in [-0.2, -0.15) is 15.3 Å². The van der Waals surface area contributed by atoms with Crippen molar-refractivity contribution in [1.29, 1.82) is 5.26 Å². The summed E-state index contributed by atoms with van der Waals surface area (Å²) in [6, 6.07) is 5.83. The number of thioether (sulfide) groups is 1. The van der Waals surface area contributed by atoms with Crippen molar-refractivity contribution in [3.05, 3.63) is 47.8 Å². The molecule has 2 heterocycles. The Labute approximate surface area is 167 Å². The number of nitrogens with one attached hydrogen (secondary N) is 2. The van der Waals surface area contributed by atoms with Gasteiger partial charge < -0.3 is 15.7 Å². The van der Waals surface area contributed by atoms with Gasteiger partial charge in [0.1, 0.15) is 11.6 Å². The average molecular weight is 398 g/mol. The molecule has 0 radical (unpaired) electrons. The van der Waals surface area contributed by atoms with Gasteiger partial charge in [0.25, 0.3) is 0 Å². The lowest BCUT2D eigenvalue weighted by atomic mass is 10.1. The maximum absolute atomic E-state index is 8.99. The fraction of sp³-hybridized carbons (Fsp3) is 0.222. The lowest BCUT2D eigenvalue weighted by Crippen LogP contribution is -2.33. The van der Waals surface area contributed by atoms with E-state index in [-0.39, 0.29) is 0 Å². The van der Waals surface area contributed by atoms with E-state index >= 15 is 0 Å². The molecule has 9 nitrogen and oxygen atoms in total. The number of aromatic nitrogens is 3. The first-order valence-corrected chi connectivity index (χ1v) is 9.58. The zero-order chi connectivity index (χ0) is 20.4. The summed E-state index contributed by atoms with van der Waals surface area (Å²) in [5.74, 6) is 13.1. The number of nitriles is 1. The minimum Gasteiger partial charge on any atom is -0.453 e. The Balaban J connectivity index is 0.00000136. The number of hydrazone groups is 1. The molecule has 0 bridgehead atoms. The second kappa shape index (κ2) is 10.8. The molecule has 0 aromatic carbocycles. The molecule has 0 saturated carbocycles. The van der Waals surface area contributed by atoms with Crippen LogP contribution in [-0.2, 0) is 0 Å². The summed E-state index contributed by atoms with van der Waals surface area (Å²) in [4.78, 5) is 4.37. The number of furan rings is 1. The number of hydrogen-bond donors (Lipinski definition) is 4. The summed E-state index contributed by atoms with van der Waals surface area (Å²) in [5.41, 5.74) is 4.00. The second-order valence-corrected chi connectivity index (χ2v) is 6.11. The lowest BCUT2D eigenvalue weighted by Gasteiger charge is -1.99. The number of nitrogens with zero attached hydrogens (tertiary/aromatic N) is 4. The number of hydrazine groups is 1. The molecule has 6 N–H and O–H groups in total. The lowest BCUT2D eigenvalue weighted by molar-refractivity contribution is 0.564. The number of aromatic amines is 1. The molecule has 146 valence electrons. The first kappa shape index (κ1) is 21.0. The third kappa shape index (κ3) is 5.35. The zero-order valence-corrected chi connectivity index (χ0v) is 16.5. The van der Waals surface area contributed by atoms with Crippen LogP contribution in [0.2, 0.25) is 0 Å². The monoisotopic (exact) mass is 398 g/mol. The van der Waals surface area contributed by atoms with E-state index < -0.39 is 0 Å². The summed E-state index contributed by atoms with van der Waals surface area (Å²) < 4.78 is 5.87. The van der Waals surface area contributed by atoms with Gasteiger partial charge in [0.15, 0.2) is 11.6 Å². The largest absolute Gasteiger partial charge is 0.453 e. The molecule has 0 aliphatic heterocycles. The zero-order valence-electron chi connectivity index (χ0n) is 15.6. The van der Waals surface area contributed by atoms with Crippen molar-refractivity contribution in [2.45, 2.75) is 25.4 Å². The quantitative estimate of drug-likeness (QED) is 0.197. The molecule has 28 heavy (non-hydrogen) atoms. The molecular weight excluding hydrogens is 376 g/mol. The van der Waals surface area contributed by atoms with E-state index in [2.05, 4.69) is 31.8 Å². The van der Waals surface area contributed by atoms with Gasteiger partial charge in [-0.15, -0.1) is 5.10 Å². The highest BCUT2D eigenvalue weighted by Crippen LogP contribution is 2.27. The molecule has 0 saturated heterocycles. The van der Waals surface area contributed by atoms with E-state index in [1.807, 2.05) is 44.2 Å². The van der Waals surface area contributed by atoms with Crippen molar-refractivity contribution in [3.63, 3.8) is 0 Å². The van der Waals surface area contributed by atoms with E-state index in [1.54, 1.807) is 6.08 Å². The maximum Gasteiger partial charge on any atom is 0.209 e. The highest BCUT2D eigenvalue weighted by molar-refractivity contribution is 7.99. The number of H-pyrrole nitrogens is 1. The van der Waals surface area contributed by atoms with E-state index in [9.17, 15) is 0 Å². The van der Waals surface area contributed by atoms with Crippen LogP contribution in [0.3, 0.4) is 0 Å². The molecule has 0 fully saturated rings. The molecule has 2 aromatic heterocycles. The number of amidine groups is 1. The van der Waals surface area contributed by atoms with Crippen LogP contribution in [-0.4, -0.2) is 26.8 Å². The molecule has 1 aliphatic rings. The summed E-state index contributed by atoms with van der Waals surface area (Å²) in [7, 11) is 0. The first-order valence-electron chi connectivity index (χ1n) is 8.60. The molecule has 0 amide bonds. The molecule has 0 spiro atoms. The van der Waals surface area contributed by atoms with Crippen molar-refractivity contribution >= 4 is 23.2 Å². The normalized spacial score (nSPS) is 13.6. The molecule has 10 heteroatoms. The van der Waals surface area contributed by atoms with Crippen LogP contribution in [0.15, 0.2) is 56.7 Å². The number of nitrogens with two attached hydrogens (primary N) is 2. The third-order valence-corrected chi connectivity index (χ3v) is 4.37. The van der Waals surface area contributed by atoms with E-state index in [1.165, 1.54) is 11.8 Å². The number of hydrogen-bond acceptors (Lipinski definition) is 8. The first-order chi connectivity index (χ1) is 13.7. The van der Waals surface area contributed by atoms with Crippen molar-refractivity contribution in [3.8, 4) is 17.7 Å². The molecule has 0 atom stereocenters. The van der Waals surface area contributed by atoms with E-state index in [0.29, 0.717) is 46.1 Å². The van der Waals surface area contributed by atoms with Gasteiger partial charge in [-0.25, -0.2) is 5.84 Å². The van der Waals surface area contributed by atoms with Crippen LogP contribution >= 0.6 is 11.8 Å². The second-order valence-electron chi connectivity index (χ2n) is 5.17. The summed E-state index contributed by atoms with van der Waals surface area (Å²) in [6.45, 7) is 4.00. The third-order valence-electron chi connectivity index (χ3n) is 3.51. The number of rotatable bonds is 5. The Morgan fingerprint density at radius 1 is 1.43 bits per heavy atom. The molecule has 1 aliphatic carbocycles. The molecule has 0 unspecified atom stereocenters. The topological polar surface area (TPSA) is 155 Å². The summed E-state index contributed by atoms with van der Waals surface area (Å²) in [6.07, 6.45) is 8.06. The van der Waals surface area contributed by atoms with Crippen molar-refractivity contribution in [2.24, 2.45) is 16.8 Å². The van der Waals surface area contributed by atoms with Crippen LogP contribution < -0.4 is 17.1 Å². The van der Waals surface area contributed by atoms with Gasteiger partial charge in [-0.1, -0.05) is 43.8 Å². The maximum atomic E-state index is 8.99. The van der Waals surface area contributed by atoms with Crippen LogP contribution in [0, 0.1) is 11.3 Å². The van der Waals surface area contributed by atoms with Gasteiger partial charge in [-0.05, 0) is 18.2 Å².